The van der Waals surface area contributed by atoms with E-state index in [9.17, 15) is 9.59 Å². The van der Waals surface area contributed by atoms with Crippen LogP contribution >= 0.6 is 31.9 Å². The summed E-state index contributed by atoms with van der Waals surface area (Å²) >= 11 is 6.25. The summed E-state index contributed by atoms with van der Waals surface area (Å²) in [4.78, 5) is 23.5. The number of carbonyl (C=O) groups is 2. The van der Waals surface area contributed by atoms with Gasteiger partial charge in [0.1, 0.15) is 0 Å². The average Bonchev–Trinajstić information content (AvgIpc) is 2.23. The molecular weight excluding hydrogens is 312 g/mol. The van der Waals surface area contributed by atoms with E-state index in [4.69, 9.17) is 0 Å². The number of hydrogen-bond acceptors (Lipinski definition) is 2. The van der Waals surface area contributed by atoms with E-state index in [1.165, 1.54) is 0 Å². The summed E-state index contributed by atoms with van der Waals surface area (Å²) in [5, 5.41) is 0. The lowest BCUT2D eigenvalue weighted by Crippen LogP contribution is -2.33. The van der Waals surface area contributed by atoms with Gasteiger partial charge < -0.3 is 0 Å². The van der Waals surface area contributed by atoms with E-state index in [-0.39, 0.29) is 23.4 Å². The second-order valence-electron chi connectivity index (χ2n) is 3.18. The van der Waals surface area contributed by atoms with E-state index in [0.717, 1.165) is 0 Å². The predicted octanol–water partition coefficient (Wildman–Crippen LogP) is 2.50. The molecule has 0 aromatic carbocycles. The zero-order valence-electron chi connectivity index (χ0n) is 7.04. The molecule has 0 fully saturated rings. The maximum atomic E-state index is 11.7. The molecule has 72 valence electrons. The van der Waals surface area contributed by atoms with Gasteiger partial charge in [0.25, 0.3) is 0 Å². The van der Waals surface area contributed by atoms with Gasteiger partial charge in [-0.2, -0.15) is 0 Å². The minimum absolute atomic E-state index is 0.0397. The Balaban J connectivity index is 2.52. The molecule has 2 nitrogen and oxygen atoms in total. The molecule has 2 aliphatic rings. The Labute approximate surface area is 98.0 Å². The topological polar surface area (TPSA) is 34.1 Å². The molecule has 0 aromatic heterocycles. The fourth-order valence-electron chi connectivity index (χ4n) is 1.62. The van der Waals surface area contributed by atoms with Gasteiger partial charge in [-0.1, -0.05) is 24.3 Å². The molecule has 2 atom stereocenters. The van der Waals surface area contributed by atoms with E-state index >= 15 is 0 Å². The first-order valence-electron chi connectivity index (χ1n) is 4.11. The molecule has 0 saturated carbocycles. The smallest absolute Gasteiger partial charge is 0.178 e. The lowest BCUT2D eigenvalue weighted by Gasteiger charge is -2.26. The van der Waals surface area contributed by atoms with Crippen LogP contribution in [0.15, 0.2) is 33.3 Å². The third kappa shape index (κ3) is 1.37. The molecule has 4 heteroatoms. The highest BCUT2D eigenvalue weighted by atomic mass is 79.9. The highest BCUT2D eigenvalue weighted by Gasteiger charge is 2.39. The van der Waals surface area contributed by atoms with Gasteiger partial charge in [0.05, 0.1) is 20.8 Å². The molecule has 0 radical (unpaired) electrons. The van der Waals surface area contributed by atoms with Gasteiger partial charge >= 0.3 is 0 Å². The summed E-state index contributed by atoms with van der Waals surface area (Å²) in [7, 11) is 0. The minimum Gasteiger partial charge on any atom is -0.293 e. The van der Waals surface area contributed by atoms with Gasteiger partial charge in [0.2, 0.25) is 0 Å². The van der Waals surface area contributed by atoms with Crippen LogP contribution in [0.3, 0.4) is 0 Å². The summed E-state index contributed by atoms with van der Waals surface area (Å²) in [5.74, 6) is -0.740. The quantitative estimate of drug-likeness (QED) is 0.688. The highest BCUT2D eigenvalue weighted by molar-refractivity contribution is 9.14. The first-order chi connectivity index (χ1) is 6.63. The van der Waals surface area contributed by atoms with Gasteiger partial charge in [0, 0.05) is 0 Å². The molecule has 0 aromatic rings. The molecule has 0 unspecified atom stereocenters. The zero-order chi connectivity index (χ0) is 10.3. The fourth-order valence-corrected chi connectivity index (χ4v) is 2.54. The average molecular weight is 318 g/mol. The molecule has 0 spiro atoms. The third-order valence-electron chi connectivity index (χ3n) is 2.37. The van der Waals surface area contributed by atoms with Gasteiger partial charge in [-0.3, -0.25) is 9.59 Å². The van der Waals surface area contributed by atoms with Crippen LogP contribution < -0.4 is 0 Å². The van der Waals surface area contributed by atoms with Crippen molar-refractivity contribution in [3.63, 3.8) is 0 Å². The van der Waals surface area contributed by atoms with Crippen LogP contribution in [0.5, 0.6) is 0 Å². The third-order valence-corrected chi connectivity index (χ3v) is 4.47. The summed E-state index contributed by atoms with van der Waals surface area (Å²) in [6, 6.07) is 0. The number of fused-ring (bicyclic) bond motifs is 1. The predicted molar refractivity (Wildman–Crippen MR) is 60.2 cm³/mol. The van der Waals surface area contributed by atoms with Crippen molar-refractivity contribution in [1.82, 2.24) is 0 Å². The van der Waals surface area contributed by atoms with Crippen molar-refractivity contribution in [3.05, 3.63) is 33.3 Å². The fraction of sp³-hybridized carbons (Fsp3) is 0.200. The summed E-state index contributed by atoms with van der Waals surface area (Å²) in [6.07, 6.45) is 7.13. The maximum Gasteiger partial charge on any atom is 0.178 e. The Kier molecular flexibility index (Phi) is 2.58. The number of halogens is 2. The van der Waals surface area contributed by atoms with Crippen molar-refractivity contribution in [3.8, 4) is 0 Å². The van der Waals surface area contributed by atoms with E-state index in [0.29, 0.717) is 8.96 Å². The normalized spacial score (nSPS) is 31.0. The monoisotopic (exact) mass is 316 g/mol. The van der Waals surface area contributed by atoms with E-state index in [1.807, 2.05) is 0 Å². The van der Waals surface area contributed by atoms with Crippen LogP contribution in [0.1, 0.15) is 0 Å². The van der Waals surface area contributed by atoms with Crippen LogP contribution in [0, 0.1) is 11.8 Å². The SMILES string of the molecule is O=C1C(Br)=C(Br)C(=O)[C@@H]2C=CC=C[C@H]12. The summed E-state index contributed by atoms with van der Waals surface area (Å²) in [6.45, 7) is 0. The zero-order valence-corrected chi connectivity index (χ0v) is 10.2. The second kappa shape index (κ2) is 3.59. The molecule has 0 bridgehead atoms. The van der Waals surface area contributed by atoms with Crippen molar-refractivity contribution in [2.75, 3.05) is 0 Å². The number of rotatable bonds is 0. The Bertz CT molecular complexity index is 366. The first kappa shape index (κ1) is 10.1. The molecule has 2 aliphatic carbocycles. The lowest BCUT2D eigenvalue weighted by molar-refractivity contribution is -0.126. The Morgan fingerprint density at radius 2 is 1.21 bits per heavy atom. The number of Topliss-reactive ketones (excluding diaryl/α,β-unsaturated/α-hetero) is 2. The number of carbonyl (C=O) groups excluding carboxylic acids is 2. The number of allylic oxidation sites excluding steroid dienone is 6. The Morgan fingerprint density at radius 1 is 0.857 bits per heavy atom. The van der Waals surface area contributed by atoms with Gasteiger partial charge in [-0.25, -0.2) is 0 Å². The molecule has 2 rings (SSSR count). The van der Waals surface area contributed by atoms with Crippen molar-refractivity contribution < 1.29 is 9.59 Å². The minimum atomic E-state index is -0.330. The molecule has 0 aliphatic heterocycles. The van der Waals surface area contributed by atoms with Crippen LogP contribution in [0.25, 0.3) is 0 Å². The van der Waals surface area contributed by atoms with Crippen LogP contribution in [0.2, 0.25) is 0 Å². The van der Waals surface area contributed by atoms with Crippen LogP contribution in [-0.2, 0) is 9.59 Å². The van der Waals surface area contributed by atoms with Crippen LogP contribution in [0.4, 0.5) is 0 Å². The van der Waals surface area contributed by atoms with Crippen LogP contribution in [-0.4, -0.2) is 11.6 Å². The van der Waals surface area contributed by atoms with Crippen molar-refractivity contribution >= 4 is 43.4 Å². The summed E-state index contributed by atoms with van der Waals surface area (Å²) in [5.41, 5.74) is 0. The molecule has 0 heterocycles. The molecule has 14 heavy (non-hydrogen) atoms. The Hall–Kier alpha value is -0.480. The lowest BCUT2D eigenvalue weighted by atomic mass is 9.79. The molecule has 0 amide bonds. The Morgan fingerprint density at radius 3 is 1.57 bits per heavy atom. The molecule has 0 saturated heterocycles. The van der Waals surface area contributed by atoms with Crippen molar-refractivity contribution in [2.45, 2.75) is 0 Å². The van der Waals surface area contributed by atoms with Gasteiger partial charge in [-0.05, 0) is 31.9 Å². The number of ketones is 2. The van der Waals surface area contributed by atoms with Crippen molar-refractivity contribution in [1.29, 1.82) is 0 Å². The standard InChI is InChI=1S/C10H6Br2O2/c11-7-8(12)10(14)6-4-2-1-3-5(6)9(7)13/h1-6H/t5-,6+. The van der Waals surface area contributed by atoms with Gasteiger partial charge in [0.15, 0.2) is 11.6 Å². The van der Waals surface area contributed by atoms with Crippen molar-refractivity contribution in [2.24, 2.45) is 11.8 Å². The maximum absolute atomic E-state index is 11.7. The second-order valence-corrected chi connectivity index (χ2v) is 4.76. The molecule has 0 N–H and O–H groups in total. The number of hydrogen-bond donors (Lipinski definition) is 0. The molecular formula is C10H6Br2O2. The first-order valence-corrected chi connectivity index (χ1v) is 5.70. The van der Waals surface area contributed by atoms with E-state index in [2.05, 4.69) is 31.9 Å². The van der Waals surface area contributed by atoms with E-state index < -0.39 is 0 Å². The van der Waals surface area contributed by atoms with E-state index in [1.54, 1.807) is 24.3 Å². The largest absolute Gasteiger partial charge is 0.293 e. The van der Waals surface area contributed by atoms with Gasteiger partial charge in [-0.15, -0.1) is 0 Å². The summed E-state index contributed by atoms with van der Waals surface area (Å²) < 4.78 is 0.701. The highest BCUT2D eigenvalue weighted by Crippen LogP contribution is 2.37.